The Morgan fingerprint density at radius 2 is 1.04 bits per heavy atom. The van der Waals surface area contributed by atoms with E-state index in [1.54, 1.807) is 0 Å². The quantitative estimate of drug-likeness (QED) is 0.264. The topological polar surface area (TPSA) is 0 Å². The average Bonchev–Trinajstić information content (AvgIpc) is 3.07. The van der Waals surface area contributed by atoms with Crippen molar-refractivity contribution in [2.45, 2.75) is 65.2 Å². The van der Waals surface area contributed by atoms with Crippen LogP contribution in [0.5, 0.6) is 0 Å². The van der Waals surface area contributed by atoms with Gasteiger partial charge >= 0.3 is 0 Å². The Hall–Kier alpha value is -0.0392. The summed E-state index contributed by atoms with van der Waals surface area (Å²) in [4.78, 5) is 0. The maximum Gasteiger partial charge on any atom is 0.0562 e. The van der Waals surface area contributed by atoms with Crippen molar-refractivity contribution in [1.82, 2.24) is 0 Å². The van der Waals surface area contributed by atoms with E-state index < -0.39 is 16.1 Å². The van der Waals surface area contributed by atoms with E-state index in [4.69, 9.17) is 0 Å². The Bertz CT molecular complexity index is 542. The minimum atomic E-state index is -1.11. The molecule has 1 radical (unpaired) electrons. The Morgan fingerprint density at radius 1 is 0.769 bits per heavy atom. The summed E-state index contributed by atoms with van der Waals surface area (Å²) in [5, 5.41) is 2.77. The number of allylic oxidation sites excluding steroid dienone is 10. The molecule has 0 N–H and O–H groups in total. The molecule has 0 aliphatic heterocycles. The van der Waals surface area contributed by atoms with Crippen LogP contribution in [0.1, 0.15) is 13.8 Å². The predicted molar refractivity (Wildman–Crippen MR) is 125 cm³/mol. The van der Waals surface area contributed by atoms with E-state index in [2.05, 4.69) is 97.1 Å². The molecule has 0 bridgehead atoms. The maximum absolute atomic E-state index is 3.82. The van der Waals surface area contributed by atoms with Gasteiger partial charge in [-0.1, -0.05) is 65.2 Å². The standard InChI is InChI=1S/2C9H13Si.C4H11Si.Hf/c2*1-8-5-6-9(7-8)10(2,3)4;1-4(2)5-3;/h2*5-6H,1H2,2-4H3;4-5H,1-3H3;/q2*-1;;. The summed E-state index contributed by atoms with van der Waals surface area (Å²) in [6.45, 7) is 28.4. The fourth-order valence-corrected chi connectivity index (χ4v) is 3.99. The van der Waals surface area contributed by atoms with Gasteiger partial charge in [0.05, 0.1) is 16.1 Å². The van der Waals surface area contributed by atoms with E-state index in [-0.39, 0.29) is 25.8 Å². The summed E-state index contributed by atoms with van der Waals surface area (Å²) in [5.74, 6) is 0. The van der Waals surface area contributed by atoms with Gasteiger partial charge in [0.15, 0.2) is 0 Å². The fourth-order valence-electron chi connectivity index (χ4n) is 1.76. The molecule has 143 valence electrons. The van der Waals surface area contributed by atoms with Crippen molar-refractivity contribution in [2.75, 3.05) is 0 Å². The molecule has 2 aliphatic carbocycles. The Morgan fingerprint density at radius 3 is 1.12 bits per heavy atom. The van der Waals surface area contributed by atoms with Gasteiger partial charge in [-0.2, -0.15) is 59.0 Å². The molecule has 0 heterocycles. The third kappa shape index (κ3) is 12.4. The zero-order valence-electron chi connectivity index (χ0n) is 18.4. The third-order valence-electron chi connectivity index (χ3n) is 3.78. The van der Waals surface area contributed by atoms with Crippen LogP contribution in [0.2, 0.25) is 51.4 Å². The summed E-state index contributed by atoms with van der Waals surface area (Å²) in [5.41, 5.74) is 3.02. The molecule has 0 spiro atoms. The van der Waals surface area contributed by atoms with Crippen LogP contribution in [0, 0.1) is 12.2 Å². The zero-order valence-corrected chi connectivity index (χ0v) is 25.1. The molecule has 2 aliphatic rings. The second-order valence-corrected chi connectivity index (χ2v) is 20.9. The molecule has 0 atom stereocenters. The molecule has 4 heteroatoms. The van der Waals surface area contributed by atoms with Crippen LogP contribution >= 0.6 is 0 Å². The Labute approximate surface area is 187 Å². The van der Waals surface area contributed by atoms with E-state index in [1.165, 1.54) is 10.4 Å². The van der Waals surface area contributed by atoms with Gasteiger partial charge in [0.2, 0.25) is 0 Å². The summed E-state index contributed by atoms with van der Waals surface area (Å²) in [6.07, 6.45) is 14.9. The minimum absolute atomic E-state index is 0. The molecule has 0 saturated carbocycles. The minimum Gasteiger partial charge on any atom is -0.178 e. The van der Waals surface area contributed by atoms with Crippen molar-refractivity contribution in [3.63, 3.8) is 0 Å². The third-order valence-corrected chi connectivity index (χ3v) is 8.92. The van der Waals surface area contributed by atoms with Gasteiger partial charge in [0.1, 0.15) is 0 Å². The van der Waals surface area contributed by atoms with Crippen LogP contribution in [-0.2, 0) is 25.8 Å². The molecule has 26 heavy (non-hydrogen) atoms. The summed E-state index contributed by atoms with van der Waals surface area (Å²) in [7, 11) is -1.48. The van der Waals surface area contributed by atoms with E-state index >= 15 is 0 Å². The van der Waals surface area contributed by atoms with Gasteiger partial charge in [-0.15, -0.1) is 12.2 Å². The predicted octanol–water partition coefficient (Wildman–Crippen LogP) is 6.74. The molecule has 2 rings (SSSR count). The smallest absolute Gasteiger partial charge is 0.0562 e. The van der Waals surface area contributed by atoms with Gasteiger partial charge in [-0.25, -0.2) is 0 Å². The van der Waals surface area contributed by atoms with Gasteiger partial charge < -0.3 is 0 Å². The summed E-state index contributed by atoms with van der Waals surface area (Å²) < 4.78 is 0. The number of hydrogen-bond donors (Lipinski definition) is 0. The normalized spacial score (nSPS) is 15.6. The van der Waals surface area contributed by atoms with Crippen LogP contribution in [0.15, 0.2) is 59.0 Å². The molecule has 0 amide bonds. The van der Waals surface area contributed by atoms with Crippen molar-refractivity contribution in [2.24, 2.45) is 0 Å². The molecule has 0 aromatic rings. The van der Waals surface area contributed by atoms with Crippen molar-refractivity contribution >= 4 is 25.7 Å². The van der Waals surface area contributed by atoms with Crippen molar-refractivity contribution in [3.8, 4) is 0 Å². The van der Waals surface area contributed by atoms with Crippen molar-refractivity contribution in [3.05, 3.63) is 71.2 Å². The van der Waals surface area contributed by atoms with E-state index in [0.717, 1.165) is 26.2 Å². The first-order chi connectivity index (χ1) is 11.3. The summed E-state index contributed by atoms with van der Waals surface area (Å²) >= 11 is 0. The van der Waals surface area contributed by atoms with E-state index in [1.807, 2.05) is 12.2 Å². The average molecular weight is 564 g/mol. The largest absolute Gasteiger partial charge is 0.178 e. The first-order valence-corrected chi connectivity index (χ1v) is 17.9. The molecule has 0 nitrogen and oxygen atoms in total. The molecule has 0 aromatic carbocycles. The van der Waals surface area contributed by atoms with Gasteiger partial charge in [0.25, 0.3) is 0 Å². The van der Waals surface area contributed by atoms with E-state index in [9.17, 15) is 0 Å². The molecule has 0 fully saturated rings. The maximum atomic E-state index is 3.82. The van der Waals surface area contributed by atoms with Crippen molar-refractivity contribution < 1.29 is 25.8 Å². The first-order valence-electron chi connectivity index (χ1n) is 9.09. The zero-order chi connectivity index (χ0) is 19.8. The van der Waals surface area contributed by atoms with Crippen LogP contribution in [0.3, 0.4) is 0 Å². The first kappa shape index (κ1) is 28.2. The summed E-state index contributed by atoms with van der Waals surface area (Å²) in [6, 6.07) is 0. The SMILES string of the molecule is C=C1[C-]=C([Si](C)(C)C)C=C1.C=C1[C-]=C([Si](C)(C)C)C=C1.C[SiH]C(C)C.[Hf]. The fraction of sp³-hybridized carbons (Fsp3) is 0.455. The van der Waals surface area contributed by atoms with Crippen LogP contribution < -0.4 is 0 Å². The Balaban J connectivity index is 0. The van der Waals surface area contributed by atoms with E-state index in [0.29, 0.717) is 0 Å². The van der Waals surface area contributed by atoms with Crippen LogP contribution in [0.4, 0.5) is 0 Å². The van der Waals surface area contributed by atoms with Gasteiger partial charge in [-0.3, -0.25) is 0 Å². The monoisotopic (exact) mass is 565 g/mol. The van der Waals surface area contributed by atoms with Gasteiger partial charge in [0, 0.05) is 35.4 Å². The number of rotatable bonds is 3. The van der Waals surface area contributed by atoms with Crippen LogP contribution in [0.25, 0.3) is 0 Å². The molecule has 0 aromatic heterocycles. The molecular weight excluding hydrogens is 527 g/mol. The van der Waals surface area contributed by atoms with Gasteiger partial charge in [-0.05, 0) is 0 Å². The van der Waals surface area contributed by atoms with Crippen LogP contribution in [-0.4, -0.2) is 25.7 Å². The molecule has 0 saturated heterocycles. The molecule has 0 unspecified atom stereocenters. The Kier molecular flexibility index (Phi) is 13.5. The van der Waals surface area contributed by atoms with Crippen molar-refractivity contribution in [1.29, 1.82) is 0 Å². The second-order valence-electron chi connectivity index (χ2n) is 8.87. The molecular formula is C22H37HfSi3-2. The number of hydrogen-bond acceptors (Lipinski definition) is 0. The second kappa shape index (κ2) is 12.4.